The monoisotopic (exact) mass is 652 g/mol. The minimum absolute atomic E-state index is 0.149. The molecule has 0 unspecified atom stereocenters. The van der Waals surface area contributed by atoms with E-state index in [1.807, 2.05) is 38.1 Å². The summed E-state index contributed by atoms with van der Waals surface area (Å²) in [4.78, 5) is 26.2. The van der Waals surface area contributed by atoms with Gasteiger partial charge >= 0.3 is 0 Å². The van der Waals surface area contributed by atoms with Crippen LogP contribution < -0.4 is 29.6 Å². The Balaban J connectivity index is 1.28. The molecule has 0 saturated heterocycles. The third kappa shape index (κ3) is 10.1. The second kappa shape index (κ2) is 17.0. The van der Waals surface area contributed by atoms with Gasteiger partial charge in [0.15, 0.2) is 0 Å². The summed E-state index contributed by atoms with van der Waals surface area (Å²) in [6, 6.07) is 24.9. The summed E-state index contributed by atoms with van der Waals surface area (Å²) >= 11 is 0. The Morgan fingerprint density at radius 2 is 0.917 bits per heavy atom. The van der Waals surface area contributed by atoms with Crippen molar-refractivity contribution in [3.05, 3.63) is 119 Å². The Bertz CT molecular complexity index is 1580. The topological polar surface area (TPSA) is 114 Å². The Morgan fingerprint density at radius 3 is 1.33 bits per heavy atom. The number of carbonyl (C=O) groups is 2. The highest BCUT2D eigenvalue weighted by Crippen LogP contribution is 2.29. The van der Waals surface area contributed by atoms with Gasteiger partial charge in [-0.1, -0.05) is 18.7 Å². The van der Waals surface area contributed by atoms with E-state index < -0.39 is 0 Å². The molecule has 4 aliphatic heterocycles. The van der Waals surface area contributed by atoms with E-state index in [1.54, 1.807) is 60.7 Å². The summed E-state index contributed by atoms with van der Waals surface area (Å²) in [7, 11) is 0. The van der Waals surface area contributed by atoms with Crippen molar-refractivity contribution in [1.29, 1.82) is 0 Å². The van der Waals surface area contributed by atoms with Crippen LogP contribution in [0.2, 0.25) is 0 Å². The maximum atomic E-state index is 13.1. The summed E-state index contributed by atoms with van der Waals surface area (Å²) in [6.45, 7) is 10.6. The fourth-order valence-electron chi connectivity index (χ4n) is 4.69. The molecule has 4 aromatic carbocycles. The molecule has 10 heteroatoms. The van der Waals surface area contributed by atoms with Crippen LogP contribution in [0.3, 0.4) is 0 Å². The number of hydrogen-bond donors (Lipinski definition) is 2. The zero-order chi connectivity index (χ0) is 33.7. The third-order valence-corrected chi connectivity index (χ3v) is 7.23. The lowest BCUT2D eigenvalue weighted by molar-refractivity contribution is 0.0273. The van der Waals surface area contributed by atoms with Crippen LogP contribution in [0.5, 0.6) is 23.0 Å². The number of amides is 2. The summed E-state index contributed by atoms with van der Waals surface area (Å²) < 4.78 is 34.8. The van der Waals surface area contributed by atoms with Crippen molar-refractivity contribution in [3.63, 3.8) is 0 Å². The molecule has 0 radical (unpaired) electrons. The zero-order valence-corrected chi connectivity index (χ0v) is 27.2. The Labute approximate surface area is 280 Å². The van der Waals surface area contributed by atoms with E-state index in [0.717, 1.165) is 11.1 Å². The number of anilines is 2. The van der Waals surface area contributed by atoms with E-state index >= 15 is 0 Å². The SMILES string of the molecule is C=C1COc2ccc(C)cc2NC(=O)c2ccc(cc2)OCCOCCOCCOc2ccc(cc2)C(=O)Nc2cc(C)ccc2OC1. The van der Waals surface area contributed by atoms with E-state index in [9.17, 15) is 9.59 Å². The minimum Gasteiger partial charge on any atom is -0.491 e. The van der Waals surface area contributed by atoms with Crippen molar-refractivity contribution in [2.24, 2.45) is 0 Å². The molecule has 4 heterocycles. The van der Waals surface area contributed by atoms with Crippen molar-refractivity contribution in [3.8, 4) is 23.0 Å². The molecule has 0 atom stereocenters. The normalized spacial score (nSPS) is 15.6. The fourth-order valence-corrected chi connectivity index (χ4v) is 4.69. The second-order valence-electron chi connectivity index (χ2n) is 11.2. The van der Waals surface area contributed by atoms with Gasteiger partial charge in [0, 0.05) is 11.1 Å². The molecule has 4 aromatic rings. The summed E-state index contributed by atoms with van der Waals surface area (Å²) in [5.41, 5.74) is 4.59. The summed E-state index contributed by atoms with van der Waals surface area (Å²) in [5, 5.41) is 5.90. The first-order valence-electron chi connectivity index (χ1n) is 15.7. The van der Waals surface area contributed by atoms with Gasteiger partial charge in [-0.3, -0.25) is 9.59 Å². The van der Waals surface area contributed by atoms with Crippen LogP contribution in [0, 0.1) is 13.8 Å². The van der Waals surface area contributed by atoms with Crippen LogP contribution in [0.15, 0.2) is 97.1 Å². The summed E-state index contributed by atoms with van der Waals surface area (Å²) in [6.07, 6.45) is 0. The molecule has 2 N–H and O–H groups in total. The summed E-state index contributed by atoms with van der Waals surface area (Å²) in [5.74, 6) is 1.68. The molecule has 250 valence electrons. The minimum atomic E-state index is -0.284. The largest absolute Gasteiger partial charge is 0.491 e. The molecule has 0 saturated carbocycles. The van der Waals surface area contributed by atoms with Gasteiger partial charge in [0.2, 0.25) is 0 Å². The first-order valence-corrected chi connectivity index (χ1v) is 15.7. The molecule has 0 spiro atoms. The Hall–Kier alpha value is -5.32. The number of rotatable bonds is 0. The van der Waals surface area contributed by atoms with Crippen LogP contribution >= 0.6 is 0 Å². The molecule has 8 rings (SSSR count). The molecular formula is C38H40N2O8. The highest BCUT2D eigenvalue weighted by atomic mass is 16.6. The van der Waals surface area contributed by atoms with Crippen LogP contribution in [-0.4, -0.2) is 64.7 Å². The number of ether oxygens (including phenoxy) is 6. The molecular weight excluding hydrogens is 612 g/mol. The number of benzene rings is 4. The van der Waals surface area contributed by atoms with Crippen LogP contribution in [-0.2, 0) is 9.47 Å². The molecule has 0 aromatic heterocycles. The van der Waals surface area contributed by atoms with E-state index in [1.165, 1.54) is 0 Å². The van der Waals surface area contributed by atoms with Crippen molar-refractivity contribution in [1.82, 2.24) is 0 Å². The van der Waals surface area contributed by atoms with Crippen molar-refractivity contribution < 1.29 is 38.0 Å². The highest BCUT2D eigenvalue weighted by molar-refractivity contribution is 6.05. The lowest BCUT2D eigenvalue weighted by Gasteiger charge is -2.16. The number of hydrogen-bond acceptors (Lipinski definition) is 8. The molecule has 10 nitrogen and oxygen atoms in total. The number of aryl methyl sites for hydroxylation is 2. The Morgan fingerprint density at radius 1 is 0.521 bits per heavy atom. The van der Waals surface area contributed by atoms with Gasteiger partial charge in [0.05, 0.1) is 37.8 Å². The van der Waals surface area contributed by atoms with Gasteiger partial charge in [0.1, 0.15) is 49.4 Å². The van der Waals surface area contributed by atoms with E-state index in [-0.39, 0.29) is 25.0 Å². The maximum Gasteiger partial charge on any atom is 0.255 e. The average Bonchev–Trinajstić information content (AvgIpc) is 3.08. The predicted octanol–water partition coefficient (Wildman–Crippen LogP) is 6.63. The first kappa shape index (κ1) is 34.0. The smallest absolute Gasteiger partial charge is 0.255 e. The Kier molecular flexibility index (Phi) is 12.1. The average molecular weight is 653 g/mol. The molecule has 2 amide bonds. The van der Waals surface area contributed by atoms with Gasteiger partial charge in [0.25, 0.3) is 11.8 Å². The van der Waals surface area contributed by atoms with Crippen molar-refractivity contribution in [2.45, 2.75) is 13.8 Å². The van der Waals surface area contributed by atoms with Gasteiger partial charge in [-0.05, 0) is 103 Å². The van der Waals surface area contributed by atoms with Gasteiger partial charge in [-0.2, -0.15) is 0 Å². The third-order valence-electron chi connectivity index (χ3n) is 7.23. The standard InChI is InChI=1S/C38H40N2O8/c1-26-4-14-35-33(22-26)39-37(41)29-6-10-31(11-7-29)45-20-18-43-16-17-44-19-21-46-32-12-8-30(9-13-32)38(42)40-34-23-27(2)5-15-36(34)48-25-28(3)24-47-35/h4-15,22-23H,3,16-21,24-25H2,1-2H3,(H,39,41)(H,40,42). The van der Waals surface area contributed by atoms with Gasteiger partial charge < -0.3 is 39.1 Å². The number of carbonyl (C=O) groups excluding carboxylic acids is 2. The fraction of sp³-hybridized carbons (Fsp3) is 0.263. The maximum absolute atomic E-state index is 13.1. The molecule has 0 fully saturated rings. The first-order chi connectivity index (χ1) is 23.3. The lowest BCUT2D eigenvalue weighted by atomic mass is 10.1. The number of nitrogens with one attached hydrogen (secondary N) is 2. The van der Waals surface area contributed by atoms with Crippen LogP contribution in [0.4, 0.5) is 11.4 Å². The van der Waals surface area contributed by atoms with E-state index in [2.05, 4.69) is 17.2 Å². The highest BCUT2D eigenvalue weighted by Gasteiger charge is 2.14. The quantitative estimate of drug-likeness (QED) is 0.204. The zero-order valence-electron chi connectivity index (χ0n) is 27.2. The molecule has 48 heavy (non-hydrogen) atoms. The second-order valence-corrected chi connectivity index (χ2v) is 11.2. The predicted molar refractivity (Wildman–Crippen MR) is 184 cm³/mol. The molecule has 0 aliphatic carbocycles. The van der Waals surface area contributed by atoms with E-state index in [4.69, 9.17) is 28.4 Å². The molecule has 4 aliphatic rings. The van der Waals surface area contributed by atoms with Crippen molar-refractivity contribution >= 4 is 23.2 Å². The van der Waals surface area contributed by atoms with Crippen LogP contribution in [0.1, 0.15) is 31.8 Å². The molecule has 4 bridgehead atoms. The lowest BCUT2D eigenvalue weighted by Crippen LogP contribution is -2.15. The van der Waals surface area contributed by atoms with Gasteiger partial charge in [-0.15, -0.1) is 0 Å². The van der Waals surface area contributed by atoms with Crippen LogP contribution in [0.25, 0.3) is 0 Å². The van der Waals surface area contributed by atoms with Crippen molar-refractivity contribution in [2.75, 3.05) is 63.5 Å². The van der Waals surface area contributed by atoms with E-state index in [0.29, 0.717) is 90.7 Å². The van der Waals surface area contributed by atoms with Gasteiger partial charge in [-0.25, -0.2) is 0 Å².